The molecule has 1 saturated carbocycles. The van der Waals surface area contributed by atoms with Gasteiger partial charge in [0.2, 0.25) is 14.6 Å². The van der Waals surface area contributed by atoms with Gasteiger partial charge in [-0.25, -0.2) is 8.42 Å². The Morgan fingerprint density at radius 2 is 1.67 bits per heavy atom. The van der Waals surface area contributed by atoms with Crippen molar-refractivity contribution in [1.29, 1.82) is 0 Å². The molecule has 4 nitrogen and oxygen atoms in total. The van der Waals surface area contributed by atoms with E-state index in [4.69, 9.17) is 9.47 Å². The van der Waals surface area contributed by atoms with Gasteiger partial charge in [-0.15, -0.1) is 0 Å². The van der Waals surface area contributed by atoms with E-state index in [0.717, 1.165) is 6.42 Å². The molecule has 0 radical (unpaired) electrons. The number of hydrogen-bond acceptors (Lipinski definition) is 4. The van der Waals surface area contributed by atoms with E-state index in [0.29, 0.717) is 12.8 Å². The van der Waals surface area contributed by atoms with E-state index in [2.05, 4.69) is 18.4 Å². The summed E-state index contributed by atoms with van der Waals surface area (Å²) in [6.07, 6.45) is -2.76. The van der Waals surface area contributed by atoms with Crippen molar-refractivity contribution < 1.29 is 31.1 Å². The molecule has 0 bridgehead atoms. The van der Waals surface area contributed by atoms with Crippen molar-refractivity contribution in [2.24, 2.45) is 5.41 Å². The lowest BCUT2D eigenvalue weighted by molar-refractivity contribution is -0.388. The average Bonchev–Trinajstić information content (AvgIpc) is 2.94. The van der Waals surface area contributed by atoms with Crippen LogP contribution in [0, 0.1) is 17.3 Å². The summed E-state index contributed by atoms with van der Waals surface area (Å²) in [7, 11) is -4.80. The molecule has 1 heterocycles. The number of sulfone groups is 1. The van der Waals surface area contributed by atoms with E-state index >= 15 is 13.2 Å². The summed E-state index contributed by atoms with van der Waals surface area (Å²) in [6.45, 7) is 10.0. The number of alkyl halides is 3. The minimum absolute atomic E-state index is 0.193. The first kappa shape index (κ1) is 25.8. The van der Waals surface area contributed by atoms with Crippen LogP contribution in [-0.4, -0.2) is 37.3 Å². The lowest BCUT2D eigenvalue weighted by atomic mass is 9.75. The van der Waals surface area contributed by atoms with E-state index in [-0.39, 0.29) is 23.3 Å². The normalized spacial score (nSPS) is 27.9. The smallest absolute Gasteiger partial charge is 0.341 e. The van der Waals surface area contributed by atoms with Gasteiger partial charge >= 0.3 is 12.0 Å². The molecule has 2 aliphatic rings. The van der Waals surface area contributed by atoms with Gasteiger partial charge in [-0.3, -0.25) is 0 Å². The van der Waals surface area contributed by atoms with E-state index in [1.54, 1.807) is 26.8 Å². The third-order valence-corrected chi connectivity index (χ3v) is 8.55. The molecule has 0 amide bonds. The highest BCUT2D eigenvalue weighted by molar-refractivity contribution is 7.93. The number of ether oxygens (including phenoxy) is 2. The Kier molecular flexibility index (Phi) is 6.60. The van der Waals surface area contributed by atoms with Crippen LogP contribution in [0.4, 0.5) is 13.2 Å². The fourth-order valence-corrected chi connectivity index (χ4v) is 6.88. The molecular weight excluding hydrogens is 453 g/mol. The van der Waals surface area contributed by atoms with Crippen LogP contribution in [0.25, 0.3) is 0 Å². The molecule has 8 heteroatoms. The van der Waals surface area contributed by atoms with Crippen LogP contribution in [0.15, 0.2) is 47.4 Å². The van der Waals surface area contributed by atoms with Crippen LogP contribution in [-0.2, 0) is 19.3 Å². The highest BCUT2D eigenvalue weighted by atomic mass is 32.2. The third kappa shape index (κ3) is 3.92. The van der Waals surface area contributed by atoms with E-state index in [1.165, 1.54) is 31.2 Å². The Morgan fingerprint density at radius 3 is 2.15 bits per heavy atom. The summed E-state index contributed by atoms with van der Waals surface area (Å²) in [5, 5.41) is 0. The minimum atomic E-state index is -5.21. The van der Waals surface area contributed by atoms with Gasteiger partial charge < -0.3 is 9.47 Å². The van der Waals surface area contributed by atoms with Crippen molar-refractivity contribution >= 4 is 9.84 Å². The maximum Gasteiger partial charge on any atom is 0.446 e. The molecule has 0 unspecified atom stereocenters. The molecule has 182 valence electrons. The molecule has 1 saturated heterocycles. The topological polar surface area (TPSA) is 52.6 Å². The number of benzene rings is 1. The number of rotatable bonds is 4. The Bertz CT molecular complexity index is 1050. The lowest BCUT2D eigenvalue weighted by Gasteiger charge is -2.41. The molecule has 33 heavy (non-hydrogen) atoms. The zero-order chi connectivity index (χ0) is 24.8. The van der Waals surface area contributed by atoms with Crippen molar-refractivity contribution in [2.75, 3.05) is 6.61 Å². The summed E-state index contributed by atoms with van der Waals surface area (Å²) in [5.74, 6) is 1.82. The molecule has 3 rings (SSSR count). The van der Waals surface area contributed by atoms with Crippen LogP contribution in [0.5, 0.6) is 0 Å². The summed E-state index contributed by atoms with van der Waals surface area (Å²) in [4.78, 5) is -0.292. The molecule has 1 aromatic carbocycles. The first-order valence-electron chi connectivity index (χ1n) is 11.1. The van der Waals surface area contributed by atoms with E-state index in [9.17, 15) is 8.42 Å². The van der Waals surface area contributed by atoms with Crippen molar-refractivity contribution in [3.63, 3.8) is 0 Å². The summed E-state index contributed by atoms with van der Waals surface area (Å²) >= 11 is 0. The van der Waals surface area contributed by atoms with Gasteiger partial charge in [0.15, 0.2) is 0 Å². The zero-order valence-electron chi connectivity index (χ0n) is 19.5. The molecular formula is C25H31F3O4S. The third-order valence-electron chi connectivity index (χ3n) is 6.23. The standard InChI is InChI=1S/C25H31F3O4S/c1-6-31-24(25(26,27)28)23(18-17-21(3,4)5,33(29,30)20-13-9-7-10-14-20)19(2)22(32-24)15-11-8-12-16-22/h7,9-10,13-14H,2,6,8,11-12,15-16H2,1,3-5H3/t23-,24+/m0/s1. The highest BCUT2D eigenvalue weighted by Gasteiger charge is 2.83. The van der Waals surface area contributed by atoms with Crippen LogP contribution in [0.2, 0.25) is 0 Å². The summed E-state index contributed by atoms with van der Waals surface area (Å²) in [6, 6.07) is 7.05. The van der Waals surface area contributed by atoms with Gasteiger partial charge in [0.25, 0.3) is 0 Å². The molecule has 0 N–H and O–H groups in total. The number of hydrogen-bond donors (Lipinski definition) is 0. The predicted molar refractivity (Wildman–Crippen MR) is 120 cm³/mol. The van der Waals surface area contributed by atoms with Crippen LogP contribution in [0.3, 0.4) is 0 Å². The van der Waals surface area contributed by atoms with Crippen molar-refractivity contribution in [1.82, 2.24) is 0 Å². The first-order chi connectivity index (χ1) is 15.2. The Hall–Kier alpha value is -1.82. The van der Waals surface area contributed by atoms with Crippen molar-refractivity contribution in [2.45, 2.75) is 87.0 Å². The van der Waals surface area contributed by atoms with E-state index < -0.39 is 44.2 Å². The van der Waals surface area contributed by atoms with Gasteiger partial charge in [0.1, 0.15) is 0 Å². The first-order valence-corrected chi connectivity index (χ1v) is 12.6. The lowest BCUT2D eigenvalue weighted by Crippen LogP contribution is -2.65. The summed E-state index contributed by atoms with van der Waals surface area (Å²) in [5.41, 5.74) is -2.48. The Labute approximate surface area is 194 Å². The molecule has 1 spiro atoms. The largest absolute Gasteiger partial charge is 0.446 e. The molecule has 1 aromatic rings. The second-order valence-corrected chi connectivity index (χ2v) is 11.8. The fourth-order valence-electron chi connectivity index (χ4n) is 4.74. The molecule has 1 aliphatic heterocycles. The van der Waals surface area contributed by atoms with Gasteiger partial charge in [0.05, 0.1) is 10.5 Å². The number of halogens is 3. The molecule has 0 aromatic heterocycles. The Morgan fingerprint density at radius 1 is 1.09 bits per heavy atom. The van der Waals surface area contributed by atoms with Crippen LogP contribution in [0.1, 0.15) is 59.8 Å². The zero-order valence-corrected chi connectivity index (χ0v) is 20.3. The quantitative estimate of drug-likeness (QED) is 0.398. The van der Waals surface area contributed by atoms with E-state index in [1.807, 2.05) is 0 Å². The predicted octanol–water partition coefficient (Wildman–Crippen LogP) is 5.83. The summed E-state index contributed by atoms with van der Waals surface area (Å²) < 4.78 is 81.9. The fraction of sp³-hybridized carbons (Fsp3) is 0.600. The second kappa shape index (κ2) is 8.44. The minimum Gasteiger partial charge on any atom is -0.341 e. The SMILES string of the molecule is C=C1C2(CCCCC2)O[C@@](OCC)(C(F)(F)F)[C@@]1(C#CC(C)(C)C)S(=O)(=O)c1ccccc1. The van der Waals surface area contributed by atoms with Gasteiger partial charge in [-0.05, 0) is 58.2 Å². The molecule has 2 atom stereocenters. The molecule has 1 aliphatic carbocycles. The van der Waals surface area contributed by atoms with Gasteiger partial charge in [-0.1, -0.05) is 55.9 Å². The Balaban J connectivity index is 2.50. The van der Waals surface area contributed by atoms with Crippen LogP contribution < -0.4 is 0 Å². The highest BCUT2D eigenvalue weighted by Crippen LogP contribution is 2.63. The maximum absolute atomic E-state index is 15.1. The van der Waals surface area contributed by atoms with Crippen LogP contribution >= 0.6 is 0 Å². The second-order valence-electron chi connectivity index (χ2n) is 9.68. The van der Waals surface area contributed by atoms with Crippen molar-refractivity contribution in [3.8, 4) is 11.8 Å². The monoisotopic (exact) mass is 484 g/mol. The maximum atomic E-state index is 15.1. The average molecular weight is 485 g/mol. The van der Waals surface area contributed by atoms with Crippen molar-refractivity contribution in [3.05, 3.63) is 42.5 Å². The van der Waals surface area contributed by atoms with Gasteiger partial charge in [-0.2, -0.15) is 13.2 Å². The molecule has 2 fully saturated rings. The van der Waals surface area contributed by atoms with Gasteiger partial charge in [0, 0.05) is 12.0 Å².